The number of carbonyl (C=O) groups is 5. The van der Waals surface area contributed by atoms with E-state index in [0.717, 1.165) is 18.6 Å². The van der Waals surface area contributed by atoms with E-state index in [9.17, 15) is 41.5 Å². The molecule has 1 aromatic rings. The van der Waals surface area contributed by atoms with Crippen LogP contribution < -0.4 is 21.3 Å². The van der Waals surface area contributed by atoms with Gasteiger partial charge in [-0.15, -0.1) is 0 Å². The van der Waals surface area contributed by atoms with Crippen molar-refractivity contribution in [3.05, 3.63) is 35.9 Å². The maximum absolute atomic E-state index is 13.2. The van der Waals surface area contributed by atoms with Gasteiger partial charge in [0.2, 0.25) is 23.6 Å². The number of methoxy groups -OCH3 is 1. The minimum Gasteiger partial charge on any atom is -0.379 e. The Hall–Kier alpha value is -3.71. The fourth-order valence-electron chi connectivity index (χ4n) is 4.38. The van der Waals surface area contributed by atoms with Gasteiger partial charge in [-0.05, 0) is 32.3 Å². The van der Waals surface area contributed by atoms with E-state index in [-0.39, 0.29) is 25.4 Å². The van der Waals surface area contributed by atoms with E-state index in [4.69, 9.17) is 9.47 Å². The Morgan fingerprint density at radius 2 is 1.33 bits per heavy atom. The number of nitrogens with zero attached hydrogens (tertiary/aromatic N) is 1. The average molecular weight is 752 g/mol. The minimum absolute atomic E-state index is 0.0796. The number of amides is 4. The summed E-state index contributed by atoms with van der Waals surface area (Å²) in [6, 6.07) is 4.09. The lowest BCUT2D eigenvalue weighted by molar-refractivity contribution is -0.148. The first-order valence-electron chi connectivity index (χ1n) is 16.8. The molecule has 1 aromatic carbocycles. The van der Waals surface area contributed by atoms with E-state index in [1.54, 1.807) is 42.2 Å². The summed E-state index contributed by atoms with van der Waals surface area (Å²) in [6.07, 6.45) is 0.0796. The molecule has 0 saturated carbocycles. The maximum Gasteiger partial charge on any atom is 0.345 e. The van der Waals surface area contributed by atoms with Crippen LogP contribution in [0.3, 0.4) is 0 Å². The molecule has 0 aromatic heterocycles. The lowest BCUT2D eigenvalue weighted by atomic mass is 10.0. The van der Waals surface area contributed by atoms with Gasteiger partial charge in [0.15, 0.2) is 5.78 Å². The van der Waals surface area contributed by atoms with Crippen LogP contribution in [0, 0.1) is 5.92 Å². The summed E-state index contributed by atoms with van der Waals surface area (Å²) in [6.45, 7) is 6.37. The SMILES string of the molecule is CC(C)C.CC(NC(=O)[C@H](COC(F)F)NC(=O)CN1CCOCC1)C(=O)N[C@@H](Cc1ccccc1)C(=O)NC(C)C(=O)C1(C)CO1.COC(F)F. The number of morpholine rings is 1. The lowest BCUT2D eigenvalue weighted by Gasteiger charge is -2.27. The fourth-order valence-corrected chi connectivity index (χ4v) is 4.38. The molecule has 0 bridgehead atoms. The van der Waals surface area contributed by atoms with Crippen molar-refractivity contribution in [1.29, 1.82) is 0 Å². The first-order chi connectivity index (χ1) is 24.4. The van der Waals surface area contributed by atoms with Crippen LogP contribution >= 0.6 is 0 Å². The number of alkyl halides is 4. The van der Waals surface area contributed by atoms with Crippen LogP contribution in [0.4, 0.5) is 17.6 Å². The van der Waals surface area contributed by atoms with Gasteiger partial charge >= 0.3 is 13.2 Å². The molecule has 2 heterocycles. The van der Waals surface area contributed by atoms with Crippen LogP contribution in [-0.2, 0) is 49.3 Å². The van der Waals surface area contributed by atoms with Crippen molar-refractivity contribution in [2.24, 2.45) is 5.92 Å². The van der Waals surface area contributed by atoms with Gasteiger partial charge < -0.3 is 40.2 Å². The number of hydrogen-bond acceptors (Lipinski definition) is 10. The van der Waals surface area contributed by atoms with Crippen molar-refractivity contribution in [2.75, 3.05) is 53.2 Å². The van der Waals surface area contributed by atoms with E-state index < -0.39 is 73.2 Å². The number of epoxide rings is 1. The molecule has 4 N–H and O–H groups in total. The van der Waals surface area contributed by atoms with E-state index in [2.05, 4.69) is 51.5 Å². The zero-order chi connectivity index (χ0) is 39.4. The summed E-state index contributed by atoms with van der Waals surface area (Å²) >= 11 is 0. The molecule has 2 aliphatic rings. The van der Waals surface area contributed by atoms with Gasteiger partial charge in [0.1, 0.15) is 23.7 Å². The molecule has 5 atom stereocenters. The Labute approximate surface area is 302 Å². The monoisotopic (exact) mass is 751 g/mol. The van der Waals surface area contributed by atoms with Gasteiger partial charge in [-0.3, -0.25) is 28.9 Å². The molecule has 18 heteroatoms. The van der Waals surface area contributed by atoms with Gasteiger partial charge in [0.05, 0.1) is 39.0 Å². The first-order valence-corrected chi connectivity index (χ1v) is 16.8. The molecule has 2 saturated heterocycles. The Bertz CT molecular complexity index is 1250. The number of nitrogens with one attached hydrogen (secondary N) is 4. The van der Waals surface area contributed by atoms with Crippen LogP contribution in [0.25, 0.3) is 0 Å². The third-order valence-electron chi connectivity index (χ3n) is 7.21. The third kappa shape index (κ3) is 19.2. The number of carbonyl (C=O) groups excluding carboxylic acids is 5. The van der Waals surface area contributed by atoms with Crippen LogP contribution in [-0.4, -0.2) is 130 Å². The van der Waals surface area contributed by atoms with Gasteiger partial charge in [-0.2, -0.15) is 17.6 Å². The largest absolute Gasteiger partial charge is 0.379 e. The van der Waals surface area contributed by atoms with Gasteiger partial charge in [-0.25, -0.2) is 0 Å². The Morgan fingerprint density at radius 1 is 0.808 bits per heavy atom. The molecule has 0 aliphatic carbocycles. The van der Waals surface area contributed by atoms with E-state index in [0.29, 0.717) is 26.3 Å². The molecule has 3 unspecified atom stereocenters. The summed E-state index contributed by atoms with van der Waals surface area (Å²) in [4.78, 5) is 66.1. The predicted molar refractivity (Wildman–Crippen MR) is 181 cm³/mol. The molecule has 296 valence electrons. The molecule has 2 aliphatic heterocycles. The number of ketones is 1. The smallest absolute Gasteiger partial charge is 0.345 e. The zero-order valence-corrected chi connectivity index (χ0v) is 30.7. The highest BCUT2D eigenvalue weighted by Crippen LogP contribution is 2.28. The zero-order valence-electron chi connectivity index (χ0n) is 30.7. The number of hydrogen-bond donors (Lipinski definition) is 4. The molecule has 3 rings (SSSR count). The number of ether oxygens (including phenoxy) is 4. The molecule has 52 heavy (non-hydrogen) atoms. The van der Waals surface area contributed by atoms with Crippen molar-refractivity contribution >= 4 is 29.4 Å². The first kappa shape index (κ1) is 46.3. The van der Waals surface area contributed by atoms with E-state index in [1.165, 1.54) is 13.8 Å². The third-order valence-corrected chi connectivity index (χ3v) is 7.21. The number of rotatable bonds is 17. The molecular weight excluding hydrogens is 698 g/mol. The molecule has 4 amide bonds. The molecule has 2 fully saturated rings. The van der Waals surface area contributed by atoms with Gasteiger partial charge in [-0.1, -0.05) is 51.1 Å². The van der Waals surface area contributed by atoms with Crippen molar-refractivity contribution < 1.29 is 60.5 Å². The van der Waals surface area contributed by atoms with Crippen LogP contribution in [0.5, 0.6) is 0 Å². The van der Waals surface area contributed by atoms with Crippen LogP contribution in [0.1, 0.15) is 47.1 Å². The highest BCUT2D eigenvalue weighted by Gasteiger charge is 2.49. The quantitative estimate of drug-likeness (QED) is 0.135. The van der Waals surface area contributed by atoms with Crippen LogP contribution in [0.2, 0.25) is 0 Å². The highest BCUT2D eigenvalue weighted by atomic mass is 19.3. The van der Waals surface area contributed by atoms with Crippen LogP contribution in [0.15, 0.2) is 30.3 Å². The number of Topliss-reactive ketones (excluding diaryl/α,β-unsaturated/α-hetero) is 1. The summed E-state index contributed by atoms with van der Waals surface area (Å²) in [7, 11) is 0.949. The fraction of sp³-hybridized carbons (Fsp3) is 0.676. The number of benzene rings is 1. The lowest BCUT2D eigenvalue weighted by Crippen LogP contribution is -2.58. The van der Waals surface area contributed by atoms with Crippen molar-refractivity contribution in [3.63, 3.8) is 0 Å². The Morgan fingerprint density at radius 3 is 1.83 bits per heavy atom. The second-order valence-electron chi connectivity index (χ2n) is 12.9. The summed E-state index contributed by atoms with van der Waals surface area (Å²) in [5, 5.41) is 9.96. The molecular formula is C34H53F4N5O9. The van der Waals surface area contributed by atoms with Gasteiger partial charge in [0.25, 0.3) is 0 Å². The van der Waals surface area contributed by atoms with E-state index in [1.807, 2.05) is 0 Å². The van der Waals surface area contributed by atoms with E-state index >= 15 is 0 Å². The molecule has 0 radical (unpaired) electrons. The predicted octanol–water partition coefficient (Wildman–Crippen LogP) is 1.66. The second-order valence-corrected chi connectivity index (χ2v) is 12.9. The van der Waals surface area contributed by atoms with Gasteiger partial charge in [0, 0.05) is 26.6 Å². The average Bonchev–Trinajstić information content (AvgIpc) is 3.84. The Kier molecular flexibility index (Phi) is 21.2. The molecule has 14 nitrogen and oxygen atoms in total. The standard InChI is InChI=1S/C28H39F2N5O8.C4H10.C2H4F2O/c1-17(23(37)28(3)16-43-28)31-25(39)20(13-19-7-5-4-6-8-19)34-24(38)18(2)32-26(40)21(15-42-27(29)30)33-22(36)14-35-9-11-41-12-10-35;1-4(2)3;1-5-2(3)4/h4-8,17-18,20-21,27H,9-16H2,1-3H3,(H,31,39)(H,32,40)(H,33,36)(H,34,38);4H,1-3H3;2H,1H3/t17?,18?,20-,21-,28?;;/m0../s1. The molecule has 0 spiro atoms. The van der Waals surface area contributed by atoms with Crippen molar-refractivity contribution in [1.82, 2.24) is 26.2 Å². The Balaban J connectivity index is 0.00000134. The summed E-state index contributed by atoms with van der Waals surface area (Å²) < 4.78 is 64.7. The summed E-state index contributed by atoms with van der Waals surface area (Å²) in [5.41, 5.74) is -0.227. The topological polar surface area (TPSA) is 177 Å². The van der Waals surface area contributed by atoms with Crippen molar-refractivity contribution in [2.45, 2.75) is 91.0 Å². The highest BCUT2D eigenvalue weighted by molar-refractivity contribution is 5.98. The summed E-state index contributed by atoms with van der Waals surface area (Å²) in [5.74, 6) is -2.38. The normalized spacial score (nSPS) is 19.1. The maximum atomic E-state index is 13.2. The number of halogens is 4. The van der Waals surface area contributed by atoms with Crippen molar-refractivity contribution in [3.8, 4) is 0 Å². The second kappa shape index (κ2) is 23.8. The minimum atomic E-state index is -3.19.